The van der Waals surface area contributed by atoms with Crippen LogP contribution in [0.4, 0.5) is 19.6 Å². The normalized spacial score (nSPS) is 10.6. The lowest BCUT2D eigenvalue weighted by molar-refractivity contribution is -0.384. The van der Waals surface area contributed by atoms with Crippen LogP contribution in [0.15, 0.2) is 41.8 Å². The van der Waals surface area contributed by atoms with Crippen LogP contribution in [0.25, 0.3) is 11.3 Å². The van der Waals surface area contributed by atoms with E-state index in [9.17, 15) is 23.7 Å². The van der Waals surface area contributed by atoms with Gasteiger partial charge in [-0.3, -0.25) is 20.2 Å². The van der Waals surface area contributed by atoms with E-state index >= 15 is 0 Å². The van der Waals surface area contributed by atoms with Crippen LogP contribution in [0.3, 0.4) is 0 Å². The number of nitro benzene ring substituents is 1. The number of halogens is 3. The second kappa shape index (κ2) is 7.14. The zero-order valence-electron chi connectivity index (χ0n) is 12.7. The first-order valence-electron chi connectivity index (χ1n) is 7.01. The zero-order valence-corrected chi connectivity index (χ0v) is 14.3. The van der Waals surface area contributed by atoms with Gasteiger partial charge in [-0.05, 0) is 24.3 Å². The molecule has 10 heteroatoms. The number of nitrogens with zero attached hydrogens (tertiary/aromatic N) is 2. The molecule has 0 fully saturated rings. The molecule has 1 N–H and O–H groups in total. The summed E-state index contributed by atoms with van der Waals surface area (Å²) >= 11 is 6.98. The number of hydrogen-bond acceptors (Lipinski definition) is 5. The van der Waals surface area contributed by atoms with E-state index in [0.717, 1.165) is 29.5 Å². The average molecular weight is 396 g/mol. The van der Waals surface area contributed by atoms with Gasteiger partial charge in [0.15, 0.2) is 16.8 Å². The Hall–Kier alpha value is -2.91. The summed E-state index contributed by atoms with van der Waals surface area (Å²) in [5.41, 5.74) is 0.329. The number of anilines is 1. The van der Waals surface area contributed by atoms with Crippen LogP contribution in [-0.2, 0) is 0 Å². The molecule has 26 heavy (non-hydrogen) atoms. The summed E-state index contributed by atoms with van der Waals surface area (Å²) in [5.74, 6) is -2.66. The third-order valence-corrected chi connectivity index (χ3v) is 4.43. The van der Waals surface area contributed by atoms with Gasteiger partial charge < -0.3 is 0 Å². The minimum absolute atomic E-state index is 0.0467. The molecule has 0 atom stereocenters. The molecular formula is C16H8ClF2N3O3S. The van der Waals surface area contributed by atoms with Crippen molar-refractivity contribution in [3.63, 3.8) is 0 Å². The number of nitro groups is 1. The second-order valence-electron chi connectivity index (χ2n) is 5.04. The lowest BCUT2D eigenvalue weighted by Crippen LogP contribution is -2.12. The van der Waals surface area contributed by atoms with E-state index in [1.807, 2.05) is 0 Å². The summed E-state index contributed by atoms with van der Waals surface area (Å²) in [7, 11) is 0. The van der Waals surface area contributed by atoms with Gasteiger partial charge in [-0.15, -0.1) is 11.3 Å². The van der Waals surface area contributed by atoms with Gasteiger partial charge in [-0.25, -0.2) is 13.8 Å². The fourth-order valence-corrected chi connectivity index (χ4v) is 3.00. The lowest BCUT2D eigenvalue weighted by Gasteiger charge is -2.04. The molecule has 0 unspecified atom stereocenters. The van der Waals surface area contributed by atoms with Gasteiger partial charge >= 0.3 is 0 Å². The SMILES string of the molecule is O=C(Nc1nc(-c2ccc(F)c(F)c2)cs1)c1cc([N+](=O)[O-])ccc1Cl. The molecule has 0 aliphatic carbocycles. The van der Waals surface area contributed by atoms with Gasteiger partial charge in [-0.1, -0.05) is 11.6 Å². The third kappa shape index (κ3) is 3.68. The predicted octanol–water partition coefficient (Wildman–Crippen LogP) is 4.90. The lowest BCUT2D eigenvalue weighted by atomic mass is 10.2. The van der Waals surface area contributed by atoms with E-state index in [1.54, 1.807) is 5.38 Å². The van der Waals surface area contributed by atoms with Crippen LogP contribution in [0.1, 0.15) is 10.4 Å². The molecule has 1 aromatic heterocycles. The number of rotatable bonds is 4. The third-order valence-electron chi connectivity index (χ3n) is 3.35. The molecule has 0 spiro atoms. The first-order chi connectivity index (χ1) is 12.3. The van der Waals surface area contributed by atoms with E-state index in [1.165, 1.54) is 18.2 Å². The molecule has 1 heterocycles. The predicted molar refractivity (Wildman–Crippen MR) is 93.5 cm³/mol. The van der Waals surface area contributed by atoms with Crippen LogP contribution in [0, 0.1) is 21.7 Å². The number of non-ortho nitro benzene ring substituents is 1. The molecule has 0 saturated heterocycles. The van der Waals surface area contributed by atoms with E-state index in [2.05, 4.69) is 10.3 Å². The molecule has 0 bridgehead atoms. The number of aromatic nitrogens is 1. The molecule has 1 amide bonds. The van der Waals surface area contributed by atoms with Crippen LogP contribution >= 0.6 is 22.9 Å². The highest BCUT2D eigenvalue weighted by Gasteiger charge is 2.17. The standard InChI is InChI=1S/C16H8ClF2N3O3S/c17-11-3-2-9(22(24)25)6-10(11)15(23)21-16-20-14(7-26-16)8-1-4-12(18)13(19)5-8/h1-7H,(H,20,21,23). The Morgan fingerprint density at radius 1 is 1.19 bits per heavy atom. The largest absolute Gasteiger partial charge is 0.298 e. The number of hydrogen-bond donors (Lipinski definition) is 1. The minimum Gasteiger partial charge on any atom is -0.298 e. The van der Waals surface area contributed by atoms with Gasteiger partial charge in [0.1, 0.15) is 0 Å². The Labute approximate surface area is 154 Å². The van der Waals surface area contributed by atoms with E-state index in [0.29, 0.717) is 11.3 Å². The van der Waals surface area contributed by atoms with Gasteiger partial charge in [0, 0.05) is 23.1 Å². The molecule has 0 aliphatic rings. The highest BCUT2D eigenvalue weighted by molar-refractivity contribution is 7.14. The second-order valence-corrected chi connectivity index (χ2v) is 6.31. The van der Waals surface area contributed by atoms with Crippen LogP contribution in [-0.4, -0.2) is 15.8 Å². The van der Waals surface area contributed by atoms with Crippen molar-refractivity contribution in [2.45, 2.75) is 0 Å². The Kier molecular flexibility index (Phi) is 4.92. The van der Waals surface area contributed by atoms with Crippen molar-refractivity contribution in [1.82, 2.24) is 4.98 Å². The van der Waals surface area contributed by atoms with Crippen LogP contribution in [0.2, 0.25) is 5.02 Å². The Morgan fingerprint density at radius 3 is 2.65 bits per heavy atom. The van der Waals surface area contributed by atoms with Crippen LogP contribution in [0.5, 0.6) is 0 Å². The number of nitrogens with one attached hydrogen (secondary N) is 1. The van der Waals surface area contributed by atoms with Gasteiger partial charge in [0.2, 0.25) is 0 Å². The number of carbonyl (C=O) groups excluding carboxylic acids is 1. The van der Waals surface area contributed by atoms with Crippen LogP contribution < -0.4 is 5.32 Å². The smallest absolute Gasteiger partial charge is 0.270 e. The molecule has 3 rings (SSSR count). The van der Waals surface area contributed by atoms with E-state index in [-0.39, 0.29) is 21.4 Å². The first-order valence-corrected chi connectivity index (χ1v) is 8.27. The molecule has 3 aromatic rings. The van der Waals surface area contributed by atoms with Crippen molar-refractivity contribution >= 4 is 39.7 Å². The van der Waals surface area contributed by atoms with Crippen molar-refractivity contribution in [1.29, 1.82) is 0 Å². The number of carbonyl (C=O) groups is 1. The van der Waals surface area contributed by atoms with Crippen molar-refractivity contribution < 1.29 is 18.5 Å². The highest BCUT2D eigenvalue weighted by Crippen LogP contribution is 2.28. The van der Waals surface area contributed by atoms with Gasteiger partial charge in [0.05, 0.1) is 21.2 Å². The Bertz CT molecular complexity index is 1030. The summed E-state index contributed by atoms with van der Waals surface area (Å²) in [4.78, 5) is 26.6. The summed E-state index contributed by atoms with van der Waals surface area (Å²) in [6.07, 6.45) is 0. The number of thiazole rings is 1. The molecule has 132 valence electrons. The molecule has 6 nitrogen and oxygen atoms in total. The van der Waals surface area contributed by atoms with E-state index in [4.69, 9.17) is 11.6 Å². The van der Waals surface area contributed by atoms with Crippen molar-refractivity contribution in [3.05, 3.63) is 74.1 Å². The molecule has 0 radical (unpaired) electrons. The fraction of sp³-hybridized carbons (Fsp3) is 0. The van der Waals surface area contributed by atoms with E-state index < -0.39 is 22.5 Å². The zero-order chi connectivity index (χ0) is 18.8. The van der Waals surface area contributed by atoms with Gasteiger partial charge in [-0.2, -0.15) is 0 Å². The Morgan fingerprint density at radius 2 is 1.96 bits per heavy atom. The maximum atomic E-state index is 13.3. The maximum Gasteiger partial charge on any atom is 0.270 e. The average Bonchev–Trinajstić information content (AvgIpc) is 3.05. The summed E-state index contributed by atoms with van der Waals surface area (Å²) < 4.78 is 26.3. The molecule has 0 saturated carbocycles. The summed E-state index contributed by atoms with van der Waals surface area (Å²) in [5, 5.41) is 15.1. The Balaban J connectivity index is 1.83. The summed E-state index contributed by atoms with van der Waals surface area (Å²) in [6, 6.07) is 6.82. The topological polar surface area (TPSA) is 85.1 Å². The first kappa shape index (κ1) is 17.9. The summed E-state index contributed by atoms with van der Waals surface area (Å²) in [6.45, 7) is 0. The maximum absolute atomic E-state index is 13.3. The number of amides is 1. The quantitative estimate of drug-likeness (QED) is 0.502. The number of benzene rings is 2. The molecular weight excluding hydrogens is 388 g/mol. The van der Waals surface area contributed by atoms with Crippen molar-refractivity contribution in [3.8, 4) is 11.3 Å². The van der Waals surface area contributed by atoms with Gasteiger partial charge in [0.25, 0.3) is 11.6 Å². The minimum atomic E-state index is -1.01. The molecule has 0 aliphatic heterocycles. The molecule has 2 aromatic carbocycles. The monoisotopic (exact) mass is 395 g/mol. The van der Waals surface area contributed by atoms with Crippen molar-refractivity contribution in [2.75, 3.05) is 5.32 Å². The van der Waals surface area contributed by atoms with Crippen molar-refractivity contribution in [2.24, 2.45) is 0 Å². The fourth-order valence-electron chi connectivity index (χ4n) is 2.08. The highest BCUT2D eigenvalue weighted by atomic mass is 35.5.